The van der Waals surface area contributed by atoms with Gasteiger partial charge < -0.3 is 10.5 Å². The van der Waals surface area contributed by atoms with Crippen molar-refractivity contribution in [1.82, 2.24) is 5.32 Å². The molecule has 0 unspecified atom stereocenters. The molecule has 6 nitrogen and oxygen atoms in total. The van der Waals surface area contributed by atoms with Crippen LogP contribution in [0.2, 0.25) is 0 Å². The quantitative estimate of drug-likeness (QED) is 0.831. The van der Waals surface area contributed by atoms with Crippen LogP contribution in [-0.2, 0) is 4.74 Å². The third-order valence-corrected chi connectivity index (χ3v) is 3.36. The lowest BCUT2D eigenvalue weighted by atomic mass is 10.2. The summed E-state index contributed by atoms with van der Waals surface area (Å²) < 4.78 is 4.53. The van der Waals surface area contributed by atoms with Crippen molar-refractivity contribution in [3.63, 3.8) is 0 Å². The summed E-state index contributed by atoms with van der Waals surface area (Å²) >= 11 is 11.8. The van der Waals surface area contributed by atoms with Crippen LogP contribution in [0.25, 0.3) is 0 Å². The molecule has 0 bridgehead atoms. The molecular formula is C12H12Cl2N4O2. The molecule has 3 N–H and O–H groups in total. The minimum Gasteiger partial charge on any atom is -0.453 e. The van der Waals surface area contributed by atoms with E-state index in [1.165, 1.54) is 7.11 Å². The summed E-state index contributed by atoms with van der Waals surface area (Å²) in [5.41, 5.74) is 5.05. The van der Waals surface area contributed by atoms with E-state index in [4.69, 9.17) is 28.9 Å². The second-order valence-electron chi connectivity index (χ2n) is 3.98. The molecule has 1 aromatic carbocycles. The standard InChI is InChI=1S/C12H12Cl2N4O2/c1-20-11(19)18-12(9(13)14)10(15)16-8(17-12)7-5-3-2-4-6-7/h2-6,9H,1H3,(H,18,19)(H2,15,16,17)/t12-/m1/s1. The zero-order valence-electron chi connectivity index (χ0n) is 10.5. The van der Waals surface area contributed by atoms with Crippen molar-refractivity contribution >= 4 is 41.0 Å². The van der Waals surface area contributed by atoms with Crippen LogP contribution in [0.15, 0.2) is 40.3 Å². The molecule has 1 amide bonds. The van der Waals surface area contributed by atoms with Crippen LogP contribution in [0.1, 0.15) is 5.56 Å². The highest BCUT2D eigenvalue weighted by molar-refractivity contribution is 6.47. The summed E-state index contributed by atoms with van der Waals surface area (Å²) in [6.45, 7) is 0. The molecule has 0 aromatic heterocycles. The number of ether oxygens (including phenoxy) is 1. The van der Waals surface area contributed by atoms with E-state index in [0.29, 0.717) is 5.84 Å². The van der Waals surface area contributed by atoms with Gasteiger partial charge in [0.2, 0.25) is 5.66 Å². The summed E-state index contributed by atoms with van der Waals surface area (Å²) in [4.78, 5) is 18.7. The highest BCUT2D eigenvalue weighted by Crippen LogP contribution is 2.28. The Morgan fingerprint density at radius 1 is 1.40 bits per heavy atom. The average molecular weight is 315 g/mol. The Hall–Kier alpha value is -1.79. The number of benzene rings is 1. The number of aliphatic imine (C=N–C) groups is 2. The van der Waals surface area contributed by atoms with Gasteiger partial charge in [-0.25, -0.2) is 14.8 Å². The number of amides is 1. The van der Waals surface area contributed by atoms with Crippen LogP contribution in [-0.4, -0.2) is 35.4 Å². The van der Waals surface area contributed by atoms with Gasteiger partial charge in [-0.2, -0.15) is 0 Å². The molecule has 1 aromatic rings. The lowest BCUT2D eigenvalue weighted by Crippen LogP contribution is -2.59. The number of nitrogens with two attached hydrogens (primary N) is 1. The van der Waals surface area contributed by atoms with Gasteiger partial charge in [0.25, 0.3) is 0 Å². The normalized spacial score (nSPS) is 21.4. The van der Waals surface area contributed by atoms with Crippen molar-refractivity contribution in [2.45, 2.75) is 10.5 Å². The largest absolute Gasteiger partial charge is 0.453 e. The Morgan fingerprint density at radius 2 is 2.05 bits per heavy atom. The number of alkyl halides is 2. The Balaban J connectivity index is 2.42. The zero-order valence-corrected chi connectivity index (χ0v) is 12.0. The summed E-state index contributed by atoms with van der Waals surface area (Å²) in [6, 6.07) is 9.13. The lowest BCUT2D eigenvalue weighted by Gasteiger charge is -2.27. The number of halogens is 2. The van der Waals surface area contributed by atoms with E-state index < -0.39 is 16.6 Å². The smallest absolute Gasteiger partial charge is 0.409 e. The summed E-state index contributed by atoms with van der Waals surface area (Å²) in [7, 11) is 1.21. The Morgan fingerprint density at radius 3 is 2.60 bits per heavy atom. The van der Waals surface area contributed by atoms with Crippen LogP contribution >= 0.6 is 23.2 Å². The number of methoxy groups -OCH3 is 1. The van der Waals surface area contributed by atoms with Gasteiger partial charge in [0.05, 0.1) is 7.11 Å². The van der Waals surface area contributed by atoms with Crippen molar-refractivity contribution < 1.29 is 9.53 Å². The van der Waals surface area contributed by atoms with E-state index in [1.54, 1.807) is 12.1 Å². The minimum absolute atomic E-state index is 0.00301. The monoisotopic (exact) mass is 314 g/mol. The highest BCUT2D eigenvalue weighted by Gasteiger charge is 2.47. The fourth-order valence-corrected chi connectivity index (χ4v) is 2.11. The van der Waals surface area contributed by atoms with E-state index in [9.17, 15) is 4.79 Å². The number of carbonyl (C=O) groups is 1. The molecule has 0 radical (unpaired) electrons. The number of hydrogen-bond acceptors (Lipinski definition) is 5. The first-order valence-corrected chi connectivity index (χ1v) is 6.51. The maximum atomic E-state index is 11.4. The topological polar surface area (TPSA) is 89.1 Å². The average Bonchev–Trinajstić information content (AvgIpc) is 2.78. The van der Waals surface area contributed by atoms with Crippen LogP contribution in [0.5, 0.6) is 0 Å². The van der Waals surface area contributed by atoms with Crippen molar-refractivity contribution in [3.8, 4) is 0 Å². The first kappa shape index (κ1) is 14.6. The third-order valence-electron chi connectivity index (χ3n) is 2.72. The first-order chi connectivity index (χ1) is 9.49. The Kier molecular flexibility index (Phi) is 4.15. The lowest BCUT2D eigenvalue weighted by molar-refractivity contribution is 0.164. The molecular weight excluding hydrogens is 303 g/mol. The number of nitrogens with zero attached hydrogens (tertiary/aromatic N) is 2. The number of rotatable bonds is 3. The first-order valence-electron chi connectivity index (χ1n) is 5.64. The molecule has 0 aliphatic carbocycles. The predicted octanol–water partition coefficient (Wildman–Crippen LogP) is 1.66. The SMILES string of the molecule is COC(=O)N[C@@]1(C(Cl)Cl)N=C(c2ccccc2)N=C1N. The summed E-state index contributed by atoms with van der Waals surface area (Å²) in [6.07, 6.45) is -0.757. The molecule has 0 saturated heterocycles. The van der Waals surface area contributed by atoms with Gasteiger partial charge in [-0.1, -0.05) is 53.5 Å². The van der Waals surface area contributed by atoms with Crippen molar-refractivity contribution in [2.75, 3.05) is 7.11 Å². The van der Waals surface area contributed by atoms with Crippen LogP contribution in [0.3, 0.4) is 0 Å². The van der Waals surface area contributed by atoms with Gasteiger partial charge >= 0.3 is 6.09 Å². The Bertz CT molecular complexity index is 574. The molecule has 0 spiro atoms. The van der Waals surface area contributed by atoms with Gasteiger partial charge in [-0.15, -0.1) is 0 Å². The molecule has 0 saturated carbocycles. The highest BCUT2D eigenvalue weighted by atomic mass is 35.5. The van der Waals surface area contributed by atoms with E-state index in [-0.39, 0.29) is 5.84 Å². The van der Waals surface area contributed by atoms with Crippen LogP contribution in [0.4, 0.5) is 4.79 Å². The minimum atomic E-state index is -1.53. The molecule has 1 aliphatic heterocycles. The second kappa shape index (κ2) is 5.68. The number of hydrogen-bond donors (Lipinski definition) is 2. The van der Waals surface area contributed by atoms with E-state index >= 15 is 0 Å². The van der Waals surface area contributed by atoms with Gasteiger partial charge in [-0.05, 0) is 0 Å². The molecule has 2 rings (SSSR count). The van der Waals surface area contributed by atoms with Gasteiger partial charge in [0.15, 0.2) is 16.5 Å². The van der Waals surface area contributed by atoms with Crippen LogP contribution in [0, 0.1) is 0 Å². The Labute approximate surface area is 125 Å². The molecule has 20 heavy (non-hydrogen) atoms. The summed E-state index contributed by atoms with van der Waals surface area (Å²) in [5, 5.41) is 2.42. The second-order valence-corrected chi connectivity index (χ2v) is 5.08. The number of carbonyl (C=O) groups excluding carboxylic acids is 1. The number of amidine groups is 2. The predicted molar refractivity (Wildman–Crippen MR) is 78.4 cm³/mol. The fraction of sp³-hybridized carbons (Fsp3) is 0.250. The third kappa shape index (κ3) is 2.57. The van der Waals surface area contributed by atoms with Crippen LogP contribution < -0.4 is 11.1 Å². The maximum Gasteiger partial charge on any atom is 0.409 e. The molecule has 0 fully saturated rings. The zero-order chi connectivity index (χ0) is 14.8. The molecule has 106 valence electrons. The number of alkyl carbamates (subject to hydrolysis) is 1. The molecule has 1 heterocycles. The fourth-order valence-electron chi connectivity index (χ4n) is 1.68. The van der Waals surface area contributed by atoms with Gasteiger partial charge in [0, 0.05) is 5.56 Å². The van der Waals surface area contributed by atoms with Gasteiger partial charge in [0.1, 0.15) is 0 Å². The molecule has 1 aliphatic rings. The van der Waals surface area contributed by atoms with Crippen molar-refractivity contribution in [2.24, 2.45) is 15.7 Å². The van der Waals surface area contributed by atoms with E-state index in [0.717, 1.165) is 5.56 Å². The van der Waals surface area contributed by atoms with Crippen molar-refractivity contribution in [1.29, 1.82) is 0 Å². The van der Waals surface area contributed by atoms with E-state index in [1.807, 2.05) is 18.2 Å². The maximum absolute atomic E-state index is 11.4. The molecule has 8 heteroatoms. The summed E-state index contributed by atoms with van der Waals surface area (Å²) in [5.74, 6) is 0.336. The molecule has 1 atom stereocenters. The van der Waals surface area contributed by atoms with Crippen molar-refractivity contribution in [3.05, 3.63) is 35.9 Å². The number of nitrogens with one attached hydrogen (secondary N) is 1. The van der Waals surface area contributed by atoms with E-state index in [2.05, 4.69) is 20.0 Å². The van der Waals surface area contributed by atoms with Gasteiger partial charge in [-0.3, -0.25) is 5.32 Å².